The van der Waals surface area contributed by atoms with Gasteiger partial charge in [-0.25, -0.2) is 10.2 Å². The van der Waals surface area contributed by atoms with Gasteiger partial charge in [0.25, 0.3) is 0 Å². The Kier molecular flexibility index (Phi) is 6.28. The Labute approximate surface area is 149 Å². The average Bonchev–Trinajstić information content (AvgIpc) is 2.56. The van der Waals surface area contributed by atoms with Crippen LogP contribution in [0.15, 0.2) is 41.5 Å². The van der Waals surface area contributed by atoms with E-state index in [0.717, 1.165) is 0 Å². The Morgan fingerprint density at radius 2 is 1.83 bits per heavy atom. The molecule has 0 aromatic heterocycles. The van der Waals surface area contributed by atoms with Crippen molar-refractivity contribution in [3.05, 3.63) is 52.0 Å². The maximum absolute atomic E-state index is 11.7. The lowest BCUT2D eigenvalue weighted by Gasteiger charge is -2.10. The van der Waals surface area contributed by atoms with E-state index >= 15 is 0 Å². The van der Waals surface area contributed by atoms with Gasteiger partial charge in [-0.15, -0.1) is 0 Å². The molecule has 0 aliphatic rings. The predicted molar refractivity (Wildman–Crippen MR) is 95.8 cm³/mol. The molecule has 0 saturated heterocycles. The minimum absolute atomic E-state index is 0.379. The van der Waals surface area contributed by atoms with Crippen molar-refractivity contribution in [2.24, 2.45) is 5.10 Å². The van der Waals surface area contributed by atoms with Crippen molar-refractivity contribution in [2.45, 2.75) is 0 Å². The van der Waals surface area contributed by atoms with Gasteiger partial charge < -0.3 is 14.8 Å². The first-order valence-electron chi connectivity index (χ1n) is 6.80. The standard InChI is InChI=1S/C16H15Cl2N3O3/c1-23-14-8-10(7-13(18)15(14)24-2)9-19-21-16(22)20-12-5-3-11(17)4-6-12/h3-9H,1-2H3,(H2,20,21,22)/b19-9-. The van der Waals surface area contributed by atoms with Gasteiger partial charge in [0.15, 0.2) is 11.5 Å². The summed E-state index contributed by atoms with van der Waals surface area (Å²) in [5.41, 5.74) is 3.59. The molecular weight excluding hydrogens is 353 g/mol. The molecule has 2 aromatic rings. The molecule has 0 saturated carbocycles. The summed E-state index contributed by atoms with van der Waals surface area (Å²) >= 11 is 11.9. The minimum Gasteiger partial charge on any atom is -0.493 e. The lowest BCUT2D eigenvalue weighted by Crippen LogP contribution is -2.24. The van der Waals surface area contributed by atoms with E-state index in [2.05, 4.69) is 15.8 Å². The van der Waals surface area contributed by atoms with E-state index in [4.69, 9.17) is 32.7 Å². The molecule has 2 aromatic carbocycles. The lowest BCUT2D eigenvalue weighted by atomic mass is 10.2. The highest BCUT2D eigenvalue weighted by atomic mass is 35.5. The molecule has 0 spiro atoms. The molecule has 6 nitrogen and oxygen atoms in total. The predicted octanol–water partition coefficient (Wildman–Crippen LogP) is 4.17. The van der Waals surface area contributed by atoms with Crippen molar-refractivity contribution in [1.29, 1.82) is 0 Å². The second-order valence-corrected chi connectivity index (χ2v) is 5.41. The van der Waals surface area contributed by atoms with Crippen LogP contribution in [0.1, 0.15) is 5.56 Å². The summed E-state index contributed by atoms with van der Waals surface area (Å²) in [6, 6.07) is 9.55. The van der Waals surface area contributed by atoms with E-state index in [1.807, 2.05) is 0 Å². The normalized spacial score (nSPS) is 10.5. The van der Waals surface area contributed by atoms with E-state index in [0.29, 0.717) is 32.8 Å². The number of halogens is 2. The maximum Gasteiger partial charge on any atom is 0.339 e. The summed E-state index contributed by atoms with van der Waals surface area (Å²) in [5.74, 6) is 0.904. The molecule has 0 aliphatic heterocycles. The van der Waals surface area contributed by atoms with Gasteiger partial charge >= 0.3 is 6.03 Å². The smallest absolute Gasteiger partial charge is 0.339 e. The van der Waals surface area contributed by atoms with Crippen LogP contribution in [-0.4, -0.2) is 26.5 Å². The highest BCUT2D eigenvalue weighted by Crippen LogP contribution is 2.35. The molecule has 2 N–H and O–H groups in total. The molecule has 0 atom stereocenters. The molecule has 8 heteroatoms. The first-order valence-corrected chi connectivity index (χ1v) is 7.56. The number of benzene rings is 2. The fourth-order valence-electron chi connectivity index (χ4n) is 1.87. The molecule has 0 radical (unpaired) electrons. The molecule has 0 heterocycles. The van der Waals surface area contributed by atoms with E-state index in [-0.39, 0.29) is 0 Å². The molecule has 0 aliphatic carbocycles. The molecule has 0 fully saturated rings. The number of nitrogens with zero attached hydrogens (tertiary/aromatic N) is 1. The molecule has 0 bridgehead atoms. The number of hydrogen-bond donors (Lipinski definition) is 2. The van der Waals surface area contributed by atoms with Crippen LogP contribution in [-0.2, 0) is 0 Å². The number of nitrogens with one attached hydrogen (secondary N) is 2. The Morgan fingerprint density at radius 1 is 1.12 bits per heavy atom. The highest BCUT2D eigenvalue weighted by Gasteiger charge is 2.10. The summed E-state index contributed by atoms with van der Waals surface area (Å²) in [6.07, 6.45) is 1.44. The first-order chi connectivity index (χ1) is 11.5. The topological polar surface area (TPSA) is 72.0 Å². The van der Waals surface area contributed by atoms with Crippen molar-refractivity contribution >= 4 is 41.1 Å². The molecule has 126 valence electrons. The van der Waals surface area contributed by atoms with E-state index < -0.39 is 6.03 Å². The second-order valence-electron chi connectivity index (χ2n) is 4.57. The van der Waals surface area contributed by atoms with Gasteiger partial charge in [0.05, 0.1) is 25.5 Å². The first kappa shape index (κ1) is 17.9. The number of carbonyl (C=O) groups is 1. The van der Waals surface area contributed by atoms with Gasteiger partial charge in [-0.3, -0.25) is 0 Å². The zero-order valence-corrected chi connectivity index (χ0v) is 14.5. The van der Waals surface area contributed by atoms with Gasteiger partial charge in [0.1, 0.15) is 0 Å². The molecular formula is C16H15Cl2N3O3. The fraction of sp³-hybridized carbons (Fsp3) is 0.125. The van der Waals surface area contributed by atoms with Crippen LogP contribution < -0.4 is 20.2 Å². The second kappa shape index (κ2) is 8.42. The van der Waals surface area contributed by atoms with Crippen LogP contribution >= 0.6 is 23.2 Å². The Morgan fingerprint density at radius 3 is 2.46 bits per heavy atom. The van der Waals surface area contributed by atoms with Crippen molar-refractivity contribution in [3.8, 4) is 11.5 Å². The zero-order valence-electron chi connectivity index (χ0n) is 13.0. The molecule has 2 rings (SSSR count). The SMILES string of the molecule is COc1cc(/C=N\NC(=O)Nc2ccc(Cl)cc2)cc(Cl)c1OC. The van der Waals surface area contributed by atoms with Crippen LogP contribution in [0.2, 0.25) is 10.0 Å². The Bertz CT molecular complexity index is 749. The quantitative estimate of drug-likeness (QED) is 0.615. The zero-order chi connectivity index (χ0) is 17.5. The number of methoxy groups -OCH3 is 2. The van der Waals surface area contributed by atoms with Crippen LogP contribution in [0.3, 0.4) is 0 Å². The number of anilines is 1. The van der Waals surface area contributed by atoms with Crippen LogP contribution in [0.4, 0.5) is 10.5 Å². The van der Waals surface area contributed by atoms with E-state index in [1.165, 1.54) is 20.4 Å². The van der Waals surface area contributed by atoms with Crippen LogP contribution in [0.25, 0.3) is 0 Å². The third-order valence-electron chi connectivity index (χ3n) is 2.94. The third kappa shape index (κ3) is 4.78. The summed E-state index contributed by atoms with van der Waals surface area (Å²) in [4.78, 5) is 11.7. The third-order valence-corrected chi connectivity index (χ3v) is 3.47. The molecule has 0 unspecified atom stereocenters. The van der Waals surface area contributed by atoms with Crippen molar-refractivity contribution < 1.29 is 14.3 Å². The summed E-state index contributed by atoms with van der Waals surface area (Å²) in [5, 5.41) is 7.44. The van der Waals surface area contributed by atoms with E-state index in [1.54, 1.807) is 36.4 Å². The van der Waals surface area contributed by atoms with Crippen molar-refractivity contribution in [3.63, 3.8) is 0 Å². The number of amides is 2. The number of ether oxygens (including phenoxy) is 2. The fourth-order valence-corrected chi connectivity index (χ4v) is 2.29. The van der Waals surface area contributed by atoms with E-state index in [9.17, 15) is 4.79 Å². The van der Waals surface area contributed by atoms with Gasteiger partial charge in [-0.05, 0) is 42.0 Å². The lowest BCUT2D eigenvalue weighted by molar-refractivity contribution is 0.252. The van der Waals surface area contributed by atoms with Crippen molar-refractivity contribution in [2.75, 3.05) is 19.5 Å². The van der Waals surface area contributed by atoms with Gasteiger partial charge in [0.2, 0.25) is 0 Å². The number of rotatable bonds is 5. The van der Waals surface area contributed by atoms with Gasteiger partial charge in [-0.2, -0.15) is 5.10 Å². The Hall–Kier alpha value is -2.44. The average molecular weight is 368 g/mol. The molecule has 24 heavy (non-hydrogen) atoms. The number of carbonyl (C=O) groups excluding carboxylic acids is 1. The summed E-state index contributed by atoms with van der Waals surface area (Å²) < 4.78 is 10.3. The number of urea groups is 1. The number of hydrogen-bond acceptors (Lipinski definition) is 4. The summed E-state index contributed by atoms with van der Waals surface area (Å²) in [6.45, 7) is 0. The van der Waals surface area contributed by atoms with Crippen LogP contribution in [0.5, 0.6) is 11.5 Å². The highest BCUT2D eigenvalue weighted by molar-refractivity contribution is 6.32. The largest absolute Gasteiger partial charge is 0.493 e. The monoisotopic (exact) mass is 367 g/mol. The summed E-state index contributed by atoms with van der Waals surface area (Å²) in [7, 11) is 3.01. The minimum atomic E-state index is -0.486. The van der Waals surface area contributed by atoms with Crippen molar-refractivity contribution in [1.82, 2.24) is 5.43 Å². The van der Waals surface area contributed by atoms with Gasteiger partial charge in [0, 0.05) is 10.7 Å². The van der Waals surface area contributed by atoms with Crippen LogP contribution in [0, 0.1) is 0 Å². The van der Waals surface area contributed by atoms with Gasteiger partial charge in [-0.1, -0.05) is 23.2 Å². The number of hydrazone groups is 1. The molecule has 2 amide bonds. The Balaban J connectivity index is 1.99. The maximum atomic E-state index is 11.7.